The summed E-state index contributed by atoms with van der Waals surface area (Å²) in [7, 11) is 0. The molecule has 0 spiro atoms. The zero-order valence-corrected chi connectivity index (χ0v) is 15.2. The van der Waals surface area contributed by atoms with Crippen LogP contribution in [0.3, 0.4) is 0 Å². The number of amides is 1. The van der Waals surface area contributed by atoms with Crippen molar-refractivity contribution in [2.45, 2.75) is 26.0 Å². The predicted molar refractivity (Wildman–Crippen MR) is 100 cm³/mol. The van der Waals surface area contributed by atoms with E-state index in [2.05, 4.69) is 5.10 Å². The summed E-state index contributed by atoms with van der Waals surface area (Å²) in [6, 6.07) is 17.2. The third-order valence-corrected chi connectivity index (χ3v) is 4.61. The molecule has 2 heterocycles. The highest BCUT2D eigenvalue weighted by molar-refractivity contribution is 6.06. The van der Waals surface area contributed by atoms with Crippen LogP contribution in [0.4, 0.5) is 10.1 Å². The third-order valence-electron chi connectivity index (χ3n) is 4.61. The quantitative estimate of drug-likeness (QED) is 0.702. The molecule has 3 aromatic rings. The molecule has 0 unspecified atom stereocenters. The molecule has 5 nitrogen and oxygen atoms in total. The van der Waals surface area contributed by atoms with Gasteiger partial charge in [-0.3, -0.25) is 9.48 Å². The van der Waals surface area contributed by atoms with Crippen LogP contribution < -0.4 is 9.64 Å². The fourth-order valence-corrected chi connectivity index (χ4v) is 3.28. The van der Waals surface area contributed by atoms with Crippen LogP contribution in [0.1, 0.15) is 30.0 Å². The Labute approximate surface area is 157 Å². The van der Waals surface area contributed by atoms with Crippen LogP contribution in [0.5, 0.6) is 5.75 Å². The Bertz CT molecular complexity index is 965. The summed E-state index contributed by atoms with van der Waals surface area (Å²) in [5.74, 6) is 0.272. The lowest BCUT2D eigenvalue weighted by Gasteiger charge is -2.38. The topological polar surface area (TPSA) is 47.4 Å². The molecule has 1 aliphatic rings. The largest absolute Gasteiger partial charge is 0.487 e. The van der Waals surface area contributed by atoms with Gasteiger partial charge in [-0.05, 0) is 56.3 Å². The van der Waals surface area contributed by atoms with Gasteiger partial charge in [0.25, 0.3) is 5.91 Å². The van der Waals surface area contributed by atoms with Gasteiger partial charge in [-0.2, -0.15) is 5.10 Å². The number of carbonyl (C=O) groups excluding carboxylic acids is 1. The summed E-state index contributed by atoms with van der Waals surface area (Å²) in [4.78, 5) is 14.7. The monoisotopic (exact) mass is 365 g/mol. The minimum Gasteiger partial charge on any atom is -0.487 e. The lowest BCUT2D eigenvalue weighted by Crippen LogP contribution is -2.51. The number of anilines is 1. The second-order valence-corrected chi connectivity index (χ2v) is 7.21. The summed E-state index contributed by atoms with van der Waals surface area (Å²) in [5.41, 5.74) is 1.46. The normalized spacial score (nSPS) is 15.5. The number of aromatic nitrogens is 2. The van der Waals surface area contributed by atoms with Gasteiger partial charge in [-0.1, -0.05) is 18.2 Å². The highest BCUT2D eigenvalue weighted by Crippen LogP contribution is 2.30. The zero-order valence-electron chi connectivity index (χ0n) is 15.2. The number of benzene rings is 2. The Hall–Kier alpha value is -3.15. The van der Waals surface area contributed by atoms with E-state index < -0.39 is 5.54 Å². The molecule has 1 amide bonds. The van der Waals surface area contributed by atoms with Crippen molar-refractivity contribution in [2.75, 3.05) is 11.4 Å². The highest BCUT2D eigenvalue weighted by atomic mass is 19.1. The minimum atomic E-state index is -0.400. The first-order valence-electron chi connectivity index (χ1n) is 8.79. The minimum absolute atomic E-state index is 0.153. The number of hydrogen-bond acceptors (Lipinski definition) is 3. The second kappa shape index (κ2) is 6.54. The first-order valence-corrected chi connectivity index (χ1v) is 8.79. The number of fused-ring (bicyclic) bond motifs is 1. The van der Waals surface area contributed by atoms with Crippen LogP contribution in [0.15, 0.2) is 60.7 Å². The molecule has 0 fully saturated rings. The van der Waals surface area contributed by atoms with Gasteiger partial charge < -0.3 is 9.64 Å². The molecule has 6 heteroatoms. The molecule has 0 aliphatic carbocycles. The van der Waals surface area contributed by atoms with Gasteiger partial charge >= 0.3 is 0 Å². The molecule has 27 heavy (non-hydrogen) atoms. The lowest BCUT2D eigenvalue weighted by atomic mass is 10.0. The third kappa shape index (κ3) is 3.30. The van der Waals surface area contributed by atoms with Gasteiger partial charge in [0.05, 0.1) is 12.1 Å². The number of hydrogen-bond donors (Lipinski definition) is 0. The fourth-order valence-electron chi connectivity index (χ4n) is 3.28. The predicted octanol–water partition coefficient (Wildman–Crippen LogP) is 4.00. The van der Waals surface area contributed by atoms with E-state index in [9.17, 15) is 9.18 Å². The van der Waals surface area contributed by atoms with Crippen molar-refractivity contribution < 1.29 is 13.9 Å². The Morgan fingerprint density at radius 1 is 1.11 bits per heavy atom. The summed E-state index contributed by atoms with van der Waals surface area (Å²) in [5, 5.41) is 4.60. The standard InChI is InChI=1S/C21H20FN3O2/c1-21(2)14-24(17-10-8-15(22)9-11-17)20(26)19-12-16(23-25(19)21)13-27-18-6-4-3-5-7-18/h3-12H,13-14H2,1-2H3. The molecular weight excluding hydrogens is 345 g/mol. The number of carbonyl (C=O) groups is 1. The summed E-state index contributed by atoms with van der Waals surface area (Å²) in [6.45, 7) is 4.78. The van der Waals surface area contributed by atoms with E-state index in [1.54, 1.807) is 27.8 Å². The van der Waals surface area contributed by atoms with Gasteiger partial charge in [0.15, 0.2) is 0 Å². The first kappa shape index (κ1) is 17.3. The maximum Gasteiger partial charge on any atom is 0.276 e. The number of para-hydroxylation sites is 1. The summed E-state index contributed by atoms with van der Waals surface area (Å²) < 4.78 is 20.8. The Morgan fingerprint density at radius 2 is 1.81 bits per heavy atom. The van der Waals surface area contributed by atoms with Crippen LogP contribution in [-0.4, -0.2) is 22.2 Å². The van der Waals surface area contributed by atoms with Gasteiger partial charge in [-0.15, -0.1) is 0 Å². The number of rotatable bonds is 4. The lowest BCUT2D eigenvalue weighted by molar-refractivity contribution is 0.0926. The van der Waals surface area contributed by atoms with Gasteiger partial charge in [0, 0.05) is 5.69 Å². The van der Waals surface area contributed by atoms with Gasteiger partial charge in [-0.25, -0.2) is 4.39 Å². The Kier molecular flexibility index (Phi) is 4.18. The van der Waals surface area contributed by atoms with Crippen LogP contribution in [0, 0.1) is 5.82 Å². The fraction of sp³-hybridized carbons (Fsp3) is 0.238. The molecule has 2 aromatic carbocycles. The van der Waals surface area contributed by atoms with Crippen molar-refractivity contribution in [3.63, 3.8) is 0 Å². The van der Waals surface area contributed by atoms with Crippen LogP contribution in [-0.2, 0) is 12.1 Å². The van der Waals surface area contributed by atoms with E-state index in [1.807, 2.05) is 44.2 Å². The maximum atomic E-state index is 13.2. The van der Waals surface area contributed by atoms with Crippen molar-refractivity contribution in [2.24, 2.45) is 0 Å². The SMILES string of the molecule is CC1(C)CN(c2ccc(F)cc2)C(=O)c2cc(COc3ccccc3)nn21. The average Bonchev–Trinajstić information content (AvgIpc) is 3.11. The molecule has 0 bridgehead atoms. The molecule has 0 saturated carbocycles. The summed E-state index contributed by atoms with van der Waals surface area (Å²) in [6.07, 6.45) is 0. The van der Waals surface area contributed by atoms with Crippen molar-refractivity contribution in [3.8, 4) is 5.75 Å². The Morgan fingerprint density at radius 3 is 2.52 bits per heavy atom. The van der Waals surface area contributed by atoms with Gasteiger partial charge in [0.1, 0.15) is 29.6 Å². The number of ether oxygens (including phenoxy) is 1. The molecule has 0 radical (unpaired) electrons. The van der Waals surface area contributed by atoms with Crippen molar-refractivity contribution in [1.29, 1.82) is 0 Å². The van der Waals surface area contributed by atoms with Gasteiger partial charge in [0.2, 0.25) is 0 Å². The molecule has 0 atom stereocenters. The van der Waals surface area contributed by atoms with E-state index >= 15 is 0 Å². The first-order chi connectivity index (χ1) is 12.9. The van der Waals surface area contributed by atoms with E-state index in [4.69, 9.17) is 4.74 Å². The van der Waals surface area contributed by atoms with Crippen LogP contribution in [0.25, 0.3) is 0 Å². The summed E-state index contributed by atoms with van der Waals surface area (Å²) >= 11 is 0. The zero-order chi connectivity index (χ0) is 19.0. The van der Waals surface area contributed by atoms with Crippen LogP contribution >= 0.6 is 0 Å². The second-order valence-electron chi connectivity index (χ2n) is 7.21. The van der Waals surface area contributed by atoms with E-state index in [1.165, 1.54) is 12.1 Å². The Balaban J connectivity index is 1.61. The highest BCUT2D eigenvalue weighted by Gasteiger charge is 2.38. The van der Waals surface area contributed by atoms with E-state index in [0.29, 0.717) is 23.6 Å². The maximum absolute atomic E-state index is 13.2. The number of halogens is 1. The van der Waals surface area contributed by atoms with Crippen molar-refractivity contribution in [1.82, 2.24) is 9.78 Å². The molecule has 0 saturated heterocycles. The smallest absolute Gasteiger partial charge is 0.276 e. The molecule has 138 valence electrons. The molecular formula is C21H20FN3O2. The van der Waals surface area contributed by atoms with Crippen LogP contribution in [0.2, 0.25) is 0 Å². The molecule has 1 aromatic heterocycles. The van der Waals surface area contributed by atoms with E-state index in [-0.39, 0.29) is 18.3 Å². The number of nitrogens with zero attached hydrogens (tertiary/aromatic N) is 3. The molecule has 0 N–H and O–H groups in total. The average molecular weight is 365 g/mol. The van der Waals surface area contributed by atoms with Crippen molar-refractivity contribution >= 4 is 11.6 Å². The van der Waals surface area contributed by atoms with E-state index in [0.717, 1.165) is 5.75 Å². The van der Waals surface area contributed by atoms with Crippen molar-refractivity contribution in [3.05, 3.63) is 77.9 Å². The molecule has 4 rings (SSSR count). The molecule has 1 aliphatic heterocycles.